The maximum atomic E-state index is 12.4. The molecule has 110 valence electrons. The van der Waals surface area contributed by atoms with E-state index in [4.69, 9.17) is 0 Å². The lowest BCUT2D eigenvalue weighted by molar-refractivity contribution is -0.117. The molecule has 20 heavy (non-hydrogen) atoms. The molecule has 0 bridgehead atoms. The lowest BCUT2D eigenvalue weighted by atomic mass is 10.2. The maximum absolute atomic E-state index is 12.4. The molecule has 5 heteroatoms. The fourth-order valence-corrected chi connectivity index (χ4v) is 2.99. The zero-order valence-electron chi connectivity index (χ0n) is 12.2. The van der Waals surface area contributed by atoms with Crippen LogP contribution in [0.15, 0.2) is 36.9 Å². The Labute approximate surface area is 121 Å². The van der Waals surface area contributed by atoms with Crippen LogP contribution >= 0.6 is 0 Å². The molecule has 0 saturated heterocycles. The highest BCUT2D eigenvalue weighted by Gasteiger charge is 2.30. The first kappa shape index (κ1) is 16.4. The van der Waals surface area contributed by atoms with Gasteiger partial charge in [0.05, 0.1) is 5.75 Å². The summed E-state index contributed by atoms with van der Waals surface area (Å²) in [5.74, 6) is -0.592. The van der Waals surface area contributed by atoms with Crippen LogP contribution in [0.4, 0.5) is 5.69 Å². The lowest BCUT2D eigenvalue weighted by Gasteiger charge is -2.24. The van der Waals surface area contributed by atoms with E-state index in [1.807, 2.05) is 32.0 Å². The fourth-order valence-electron chi connectivity index (χ4n) is 1.94. The molecule has 0 aliphatic carbocycles. The second-order valence-electron chi connectivity index (χ2n) is 4.68. The summed E-state index contributed by atoms with van der Waals surface area (Å²) in [6.45, 7) is 9.03. The number of nitrogens with zero attached hydrogens (tertiary/aromatic N) is 1. The van der Waals surface area contributed by atoms with Crippen molar-refractivity contribution in [2.24, 2.45) is 0 Å². The summed E-state index contributed by atoms with van der Waals surface area (Å²) in [6, 6.07) is 7.46. The molecular formula is C15H21NO3S. The highest BCUT2D eigenvalue weighted by atomic mass is 32.2. The molecule has 0 fully saturated rings. The molecule has 0 heterocycles. The van der Waals surface area contributed by atoms with Crippen molar-refractivity contribution in [3.63, 3.8) is 0 Å². The summed E-state index contributed by atoms with van der Waals surface area (Å²) < 4.78 is 23.9. The van der Waals surface area contributed by atoms with Crippen molar-refractivity contribution in [2.45, 2.75) is 26.0 Å². The maximum Gasteiger partial charge on any atom is 0.245 e. The fraction of sp³-hybridized carbons (Fsp3) is 0.400. The van der Waals surface area contributed by atoms with Crippen LogP contribution in [0, 0.1) is 6.92 Å². The average molecular weight is 295 g/mol. The number of carbonyl (C=O) groups is 1. The van der Waals surface area contributed by atoms with E-state index in [9.17, 15) is 13.2 Å². The molecule has 1 amide bonds. The number of rotatable bonds is 6. The second kappa shape index (κ2) is 6.70. The summed E-state index contributed by atoms with van der Waals surface area (Å²) in [5.41, 5.74) is 1.74. The molecule has 0 spiro atoms. The molecule has 4 nitrogen and oxygen atoms in total. The number of hydrogen-bond donors (Lipinski definition) is 0. The monoisotopic (exact) mass is 295 g/mol. The van der Waals surface area contributed by atoms with Crippen molar-refractivity contribution in [2.75, 3.05) is 17.2 Å². The van der Waals surface area contributed by atoms with Gasteiger partial charge >= 0.3 is 0 Å². The van der Waals surface area contributed by atoms with Gasteiger partial charge in [-0.05, 0) is 38.5 Å². The summed E-state index contributed by atoms with van der Waals surface area (Å²) in [6.07, 6.45) is 1.31. The number of anilines is 1. The van der Waals surface area contributed by atoms with Crippen molar-refractivity contribution in [1.82, 2.24) is 0 Å². The van der Waals surface area contributed by atoms with Crippen LogP contribution in [0.25, 0.3) is 0 Å². The van der Waals surface area contributed by atoms with Gasteiger partial charge in [0, 0.05) is 12.2 Å². The summed E-state index contributed by atoms with van der Waals surface area (Å²) >= 11 is 0. The van der Waals surface area contributed by atoms with Gasteiger partial charge in [-0.25, -0.2) is 8.42 Å². The number of amides is 1. The van der Waals surface area contributed by atoms with Crippen LogP contribution in [0.2, 0.25) is 0 Å². The third-order valence-electron chi connectivity index (χ3n) is 3.13. The zero-order chi connectivity index (χ0) is 15.3. The van der Waals surface area contributed by atoms with Crippen LogP contribution in [0.3, 0.4) is 0 Å². The van der Waals surface area contributed by atoms with Crippen molar-refractivity contribution in [3.8, 4) is 0 Å². The quantitative estimate of drug-likeness (QED) is 0.757. The van der Waals surface area contributed by atoms with Crippen LogP contribution in [0.5, 0.6) is 0 Å². The van der Waals surface area contributed by atoms with Crippen LogP contribution in [-0.2, 0) is 14.6 Å². The SMILES string of the molecule is C=CCS(=O)(=O)C(C)C(=O)N(CC)c1cccc(C)c1. The number of carbonyl (C=O) groups excluding carboxylic acids is 1. The molecule has 0 saturated carbocycles. The van der Waals surface area contributed by atoms with E-state index >= 15 is 0 Å². The molecule has 0 N–H and O–H groups in total. The van der Waals surface area contributed by atoms with E-state index in [2.05, 4.69) is 6.58 Å². The van der Waals surface area contributed by atoms with E-state index in [1.54, 1.807) is 6.07 Å². The molecule has 0 aromatic heterocycles. The largest absolute Gasteiger partial charge is 0.312 e. The normalized spacial score (nSPS) is 12.8. The number of sulfone groups is 1. The van der Waals surface area contributed by atoms with Gasteiger partial charge in [0.1, 0.15) is 5.25 Å². The highest BCUT2D eigenvalue weighted by Crippen LogP contribution is 2.18. The van der Waals surface area contributed by atoms with Gasteiger partial charge < -0.3 is 4.90 Å². The molecule has 0 aliphatic rings. The zero-order valence-corrected chi connectivity index (χ0v) is 13.0. The smallest absolute Gasteiger partial charge is 0.245 e. The Kier molecular flexibility index (Phi) is 5.51. The minimum Gasteiger partial charge on any atom is -0.312 e. The summed E-state index contributed by atoms with van der Waals surface area (Å²) in [4.78, 5) is 13.9. The Morgan fingerprint density at radius 1 is 1.45 bits per heavy atom. The number of hydrogen-bond acceptors (Lipinski definition) is 3. The van der Waals surface area contributed by atoms with Gasteiger partial charge in [-0.3, -0.25) is 4.79 Å². The minimum atomic E-state index is -3.49. The first-order valence-corrected chi connectivity index (χ1v) is 8.25. The van der Waals surface area contributed by atoms with Crippen LogP contribution in [0.1, 0.15) is 19.4 Å². The van der Waals surface area contributed by atoms with E-state index < -0.39 is 21.0 Å². The molecule has 1 aromatic carbocycles. The van der Waals surface area contributed by atoms with Crippen molar-refractivity contribution in [1.29, 1.82) is 0 Å². The van der Waals surface area contributed by atoms with E-state index in [1.165, 1.54) is 17.9 Å². The van der Waals surface area contributed by atoms with Gasteiger partial charge in [0.2, 0.25) is 5.91 Å². The third-order valence-corrected chi connectivity index (χ3v) is 5.11. The molecule has 0 radical (unpaired) electrons. The Hall–Kier alpha value is -1.62. The first-order chi connectivity index (χ1) is 9.33. The summed E-state index contributed by atoms with van der Waals surface area (Å²) in [5, 5.41) is -1.07. The molecule has 0 aliphatic heterocycles. The topological polar surface area (TPSA) is 54.5 Å². The van der Waals surface area contributed by atoms with Crippen molar-refractivity contribution < 1.29 is 13.2 Å². The van der Waals surface area contributed by atoms with Gasteiger partial charge in [0.25, 0.3) is 0 Å². The van der Waals surface area contributed by atoms with Gasteiger partial charge in [0.15, 0.2) is 9.84 Å². The van der Waals surface area contributed by atoms with Crippen molar-refractivity contribution in [3.05, 3.63) is 42.5 Å². The average Bonchev–Trinajstić information content (AvgIpc) is 2.38. The third kappa shape index (κ3) is 3.70. The van der Waals surface area contributed by atoms with Crippen LogP contribution < -0.4 is 4.90 Å². The minimum absolute atomic E-state index is 0.189. The predicted octanol–water partition coefficient (Wildman–Crippen LogP) is 2.34. The molecule has 1 rings (SSSR count). The Bertz CT molecular complexity index is 593. The van der Waals surface area contributed by atoms with Gasteiger partial charge in [-0.1, -0.05) is 18.2 Å². The Morgan fingerprint density at radius 3 is 2.60 bits per heavy atom. The Morgan fingerprint density at radius 2 is 2.10 bits per heavy atom. The lowest BCUT2D eigenvalue weighted by Crippen LogP contribution is -2.42. The van der Waals surface area contributed by atoms with Gasteiger partial charge in [-0.15, -0.1) is 6.58 Å². The predicted molar refractivity (Wildman–Crippen MR) is 82.7 cm³/mol. The molecule has 1 atom stereocenters. The highest BCUT2D eigenvalue weighted by molar-refractivity contribution is 7.92. The Balaban J connectivity index is 3.07. The number of aryl methyl sites for hydroxylation is 1. The molecular weight excluding hydrogens is 274 g/mol. The van der Waals surface area contributed by atoms with E-state index in [0.717, 1.165) is 11.3 Å². The summed E-state index contributed by atoms with van der Waals surface area (Å²) in [7, 11) is -3.49. The molecule has 1 unspecified atom stereocenters. The van der Waals surface area contributed by atoms with E-state index in [-0.39, 0.29) is 5.75 Å². The first-order valence-electron chi connectivity index (χ1n) is 6.54. The van der Waals surface area contributed by atoms with Crippen LogP contribution in [-0.4, -0.2) is 31.9 Å². The standard InChI is InChI=1S/C15H21NO3S/c1-5-10-20(18,19)13(4)15(17)16(6-2)14-9-7-8-12(3)11-14/h5,7-9,11,13H,1,6,10H2,2-4H3. The van der Waals surface area contributed by atoms with E-state index in [0.29, 0.717) is 6.54 Å². The molecule has 1 aromatic rings. The van der Waals surface area contributed by atoms with Crippen molar-refractivity contribution >= 4 is 21.4 Å². The number of benzene rings is 1. The second-order valence-corrected chi connectivity index (χ2v) is 7.05. The van der Waals surface area contributed by atoms with Gasteiger partial charge in [-0.2, -0.15) is 0 Å².